The van der Waals surface area contributed by atoms with Crippen molar-refractivity contribution >= 4 is 45.7 Å². The van der Waals surface area contributed by atoms with Gasteiger partial charge in [-0.15, -0.1) is 0 Å². The van der Waals surface area contributed by atoms with Crippen molar-refractivity contribution in [2.75, 3.05) is 7.11 Å². The smallest absolute Gasteiger partial charge is 0.176 e. The fraction of sp³-hybridized carbons (Fsp3) is 0.120. The maximum atomic E-state index is 11.4. The zero-order valence-corrected chi connectivity index (χ0v) is 16.3. The molecule has 2 aromatic carbocycles. The predicted octanol–water partition coefficient (Wildman–Crippen LogP) is 5.15. The SMILES string of the molecule is COc1c2c(cc3ccoc13)C=CC(=O)C2.O=C1C=Cc2cc3ccoc3cc2C1. The number of carbonyl (C=O) groups excluding carboxylic acids is 2. The van der Waals surface area contributed by atoms with Gasteiger partial charge in [0.25, 0.3) is 0 Å². The first-order valence-corrected chi connectivity index (χ1v) is 9.61. The van der Waals surface area contributed by atoms with Crippen LogP contribution in [-0.4, -0.2) is 18.7 Å². The summed E-state index contributed by atoms with van der Waals surface area (Å²) >= 11 is 0. The van der Waals surface area contributed by atoms with Gasteiger partial charge in [0, 0.05) is 29.2 Å². The molecule has 0 bridgehead atoms. The highest BCUT2D eigenvalue weighted by Gasteiger charge is 2.19. The van der Waals surface area contributed by atoms with Gasteiger partial charge in [0.05, 0.1) is 19.6 Å². The number of fused-ring (bicyclic) bond motifs is 4. The van der Waals surface area contributed by atoms with Crippen LogP contribution >= 0.6 is 0 Å². The number of rotatable bonds is 1. The minimum Gasteiger partial charge on any atom is -0.492 e. The number of hydrogen-bond donors (Lipinski definition) is 0. The molecule has 0 saturated carbocycles. The number of ketones is 2. The van der Waals surface area contributed by atoms with E-state index in [4.69, 9.17) is 13.6 Å². The quantitative estimate of drug-likeness (QED) is 0.443. The average molecular weight is 398 g/mol. The molecular formula is C25H18O5. The first kappa shape index (κ1) is 18.2. The van der Waals surface area contributed by atoms with E-state index in [0.717, 1.165) is 38.6 Å². The molecule has 0 saturated heterocycles. The summed E-state index contributed by atoms with van der Waals surface area (Å²) in [6.45, 7) is 0. The zero-order chi connectivity index (χ0) is 20.7. The molecule has 30 heavy (non-hydrogen) atoms. The monoisotopic (exact) mass is 398 g/mol. The summed E-state index contributed by atoms with van der Waals surface area (Å²) in [7, 11) is 1.60. The number of hydrogen-bond acceptors (Lipinski definition) is 5. The molecule has 148 valence electrons. The lowest BCUT2D eigenvalue weighted by Gasteiger charge is -2.14. The predicted molar refractivity (Wildman–Crippen MR) is 114 cm³/mol. The van der Waals surface area contributed by atoms with Crippen LogP contribution in [0.1, 0.15) is 22.3 Å². The van der Waals surface area contributed by atoms with Crippen molar-refractivity contribution in [2.24, 2.45) is 0 Å². The van der Waals surface area contributed by atoms with Gasteiger partial charge in [0.2, 0.25) is 0 Å². The number of ether oxygens (including phenoxy) is 1. The van der Waals surface area contributed by atoms with Gasteiger partial charge in [0.15, 0.2) is 22.9 Å². The van der Waals surface area contributed by atoms with Crippen molar-refractivity contribution in [3.05, 3.63) is 77.3 Å². The van der Waals surface area contributed by atoms with Crippen LogP contribution in [0.2, 0.25) is 0 Å². The number of allylic oxidation sites excluding steroid dienone is 2. The Morgan fingerprint density at radius 1 is 0.800 bits per heavy atom. The third kappa shape index (κ3) is 3.14. The molecule has 6 rings (SSSR count). The molecule has 5 nitrogen and oxygen atoms in total. The van der Waals surface area contributed by atoms with Gasteiger partial charge >= 0.3 is 0 Å². The standard InChI is InChI=1S/C13H10O3.C12H8O2/c1-15-13-11-7-10(14)3-2-8(11)6-9-4-5-16-12(9)13;13-11-2-1-8-5-9-3-4-14-12(9)7-10(8)6-11/h2-6H,7H2,1H3;1-5,7H,6H2. The Bertz CT molecular complexity index is 1360. The van der Waals surface area contributed by atoms with E-state index in [1.807, 2.05) is 36.4 Å². The van der Waals surface area contributed by atoms with Crippen molar-refractivity contribution in [3.63, 3.8) is 0 Å². The minimum absolute atomic E-state index is 0.0942. The lowest BCUT2D eigenvalue weighted by molar-refractivity contribution is -0.114. The van der Waals surface area contributed by atoms with Crippen molar-refractivity contribution in [1.29, 1.82) is 0 Å². The fourth-order valence-electron chi connectivity index (χ4n) is 3.91. The van der Waals surface area contributed by atoms with Crippen LogP contribution in [0.5, 0.6) is 5.75 Å². The van der Waals surface area contributed by atoms with Crippen LogP contribution < -0.4 is 4.74 Å². The Morgan fingerprint density at radius 3 is 2.33 bits per heavy atom. The first-order chi connectivity index (χ1) is 14.6. The largest absolute Gasteiger partial charge is 0.492 e. The van der Waals surface area contributed by atoms with Crippen LogP contribution in [0.15, 0.2) is 63.8 Å². The molecule has 4 aromatic rings. The molecule has 2 aliphatic rings. The number of benzene rings is 2. The van der Waals surface area contributed by atoms with Gasteiger partial charge in [0.1, 0.15) is 5.58 Å². The molecular weight excluding hydrogens is 380 g/mol. The van der Waals surface area contributed by atoms with Crippen molar-refractivity contribution in [1.82, 2.24) is 0 Å². The highest BCUT2D eigenvalue weighted by Crippen LogP contribution is 2.36. The molecule has 0 aliphatic heterocycles. The molecule has 2 aromatic heterocycles. The summed E-state index contributed by atoms with van der Waals surface area (Å²) in [5.41, 5.74) is 5.69. The third-order valence-electron chi connectivity index (χ3n) is 5.37. The second-order valence-electron chi connectivity index (χ2n) is 7.28. The van der Waals surface area contributed by atoms with Gasteiger partial charge < -0.3 is 13.6 Å². The van der Waals surface area contributed by atoms with Gasteiger partial charge in [-0.25, -0.2) is 0 Å². The molecule has 2 aliphatic carbocycles. The molecule has 0 amide bonds. The van der Waals surface area contributed by atoms with Gasteiger partial charge in [-0.05, 0) is 59.2 Å². The summed E-state index contributed by atoms with van der Waals surface area (Å²) in [5, 5.41) is 2.08. The maximum absolute atomic E-state index is 11.4. The van der Waals surface area contributed by atoms with Crippen molar-refractivity contribution < 1.29 is 23.2 Å². The zero-order valence-electron chi connectivity index (χ0n) is 16.3. The van der Waals surface area contributed by atoms with Crippen LogP contribution in [-0.2, 0) is 22.4 Å². The van der Waals surface area contributed by atoms with E-state index < -0.39 is 0 Å². The van der Waals surface area contributed by atoms with E-state index in [1.54, 1.807) is 31.8 Å². The molecule has 0 spiro atoms. The second-order valence-corrected chi connectivity index (χ2v) is 7.28. The molecule has 5 heteroatoms. The van der Waals surface area contributed by atoms with Gasteiger partial charge in [-0.2, -0.15) is 0 Å². The molecule has 2 heterocycles. The van der Waals surface area contributed by atoms with E-state index in [2.05, 4.69) is 6.07 Å². The highest BCUT2D eigenvalue weighted by atomic mass is 16.5. The maximum Gasteiger partial charge on any atom is 0.176 e. The molecule has 0 unspecified atom stereocenters. The second kappa shape index (κ2) is 7.19. The third-order valence-corrected chi connectivity index (χ3v) is 5.37. The Kier molecular flexibility index (Phi) is 4.36. The van der Waals surface area contributed by atoms with E-state index in [1.165, 1.54) is 0 Å². The van der Waals surface area contributed by atoms with E-state index in [0.29, 0.717) is 24.2 Å². The van der Waals surface area contributed by atoms with Crippen LogP contribution in [0.4, 0.5) is 0 Å². The Hall–Kier alpha value is -3.86. The van der Waals surface area contributed by atoms with Gasteiger partial charge in [-0.1, -0.05) is 12.2 Å². The Balaban J connectivity index is 0.000000130. The van der Waals surface area contributed by atoms with Crippen LogP contribution in [0.3, 0.4) is 0 Å². The summed E-state index contributed by atoms with van der Waals surface area (Å²) < 4.78 is 16.0. The number of methoxy groups -OCH3 is 1. The van der Waals surface area contributed by atoms with Crippen molar-refractivity contribution in [2.45, 2.75) is 12.8 Å². The summed E-state index contributed by atoms with van der Waals surface area (Å²) in [5.74, 6) is 0.926. The molecule has 0 radical (unpaired) electrons. The molecule has 0 atom stereocenters. The molecule has 0 fully saturated rings. The lowest BCUT2D eigenvalue weighted by Crippen LogP contribution is -2.07. The van der Waals surface area contributed by atoms with Gasteiger partial charge in [-0.3, -0.25) is 9.59 Å². The van der Waals surface area contributed by atoms with Crippen LogP contribution in [0.25, 0.3) is 34.1 Å². The first-order valence-electron chi connectivity index (χ1n) is 9.61. The number of furan rings is 2. The summed E-state index contributed by atoms with van der Waals surface area (Å²) in [6.07, 6.45) is 11.1. The van der Waals surface area contributed by atoms with E-state index in [-0.39, 0.29) is 11.6 Å². The topological polar surface area (TPSA) is 69.7 Å². The van der Waals surface area contributed by atoms with Crippen molar-refractivity contribution in [3.8, 4) is 5.75 Å². The number of carbonyl (C=O) groups is 2. The normalized spacial score (nSPS) is 14.4. The minimum atomic E-state index is 0.0942. The van der Waals surface area contributed by atoms with E-state index in [9.17, 15) is 9.59 Å². The molecule has 0 N–H and O–H groups in total. The van der Waals surface area contributed by atoms with E-state index >= 15 is 0 Å². The Morgan fingerprint density at radius 2 is 1.50 bits per heavy atom. The summed E-state index contributed by atoms with van der Waals surface area (Å²) in [4.78, 5) is 22.6. The lowest BCUT2D eigenvalue weighted by atomic mass is 9.94. The summed E-state index contributed by atoms with van der Waals surface area (Å²) in [6, 6.07) is 9.84. The fourth-order valence-corrected chi connectivity index (χ4v) is 3.91. The van der Waals surface area contributed by atoms with Crippen LogP contribution in [0, 0.1) is 0 Å². The average Bonchev–Trinajstić information content (AvgIpc) is 3.39. The Labute approximate surface area is 172 Å². The highest BCUT2D eigenvalue weighted by molar-refractivity contribution is 6.02.